The van der Waals surface area contributed by atoms with E-state index in [2.05, 4.69) is 15.0 Å². The molecule has 1 aliphatic heterocycles. The second-order valence-corrected chi connectivity index (χ2v) is 18.2. The van der Waals surface area contributed by atoms with Gasteiger partial charge in [-0.25, -0.2) is 26.6 Å². The number of aromatic nitrogens is 1. The van der Waals surface area contributed by atoms with E-state index in [1.54, 1.807) is 9.80 Å². The van der Waals surface area contributed by atoms with Crippen molar-refractivity contribution >= 4 is 49.0 Å². The summed E-state index contributed by atoms with van der Waals surface area (Å²) in [4.78, 5) is 35.3. The van der Waals surface area contributed by atoms with Gasteiger partial charge in [0.15, 0.2) is 0 Å². The van der Waals surface area contributed by atoms with Crippen LogP contribution in [0.1, 0.15) is 44.0 Å². The molecule has 16 heteroatoms. The van der Waals surface area contributed by atoms with Gasteiger partial charge in [0.05, 0.1) is 40.5 Å². The molecule has 50 heavy (non-hydrogen) atoms. The molecule has 4 rings (SSSR count). The number of anilines is 1. The van der Waals surface area contributed by atoms with Crippen molar-refractivity contribution in [2.75, 3.05) is 37.2 Å². The van der Waals surface area contributed by atoms with Crippen molar-refractivity contribution < 1.29 is 31.5 Å². The van der Waals surface area contributed by atoms with Crippen molar-refractivity contribution in [2.24, 2.45) is 11.8 Å². The molecule has 0 aliphatic carbocycles. The summed E-state index contributed by atoms with van der Waals surface area (Å²) in [5.41, 5.74) is 1.83. The number of aliphatic hydroxyl groups excluding tert-OH is 1. The zero-order chi connectivity index (χ0) is 36.8. The van der Waals surface area contributed by atoms with Crippen molar-refractivity contribution in [3.63, 3.8) is 0 Å². The van der Waals surface area contributed by atoms with E-state index in [0.29, 0.717) is 19.6 Å². The summed E-state index contributed by atoms with van der Waals surface area (Å²) in [5, 5.41) is 17.6. The third-order valence-corrected chi connectivity index (χ3v) is 11.5. The second-order valence-electron chi connectivity index (χ2n) is 13.4. The Morgan fingerprint density at radius 1 is 1.00 bits per heavy atom. The highest BCUT2D eigenvalue weighted by Crippen LogP contribution is 2.24. The first kappa shape index (κ1) is 39.2. The molecule has 0 radical (unpaired) electrons. The van der Waals surface area contributed by atoms with Gasteiger partial charge >= 0.3 is 6.03 Å². The standard InChI is InChI=1S/C34H48N6O7S3/c1-23(2)19-39(50(46,47)29-14-12-27(13-15-29)37-49(6,44)45)21-31(41)30(18-26-10-8-7-9-11-26)36-33(42)32(24(3)4)40-17-16-38(34(40)43)20-28-22-48-25(5)35-28/h7-15,22-24,30-32,37,41H,16-21H2,1-6H3,(H,36,42)/t30-,31-,32-/m0/s1. The fourth-order valence-electron chi connectivity index (χ4n) is 5.98. The van der Waals surface area contributed by atoms with Crippen molar-refractivity contribution in [3.05, 3.63) is 76.2 Å². The fraction of sp³-hybridized carbons (Fsp3) is 0.500. The molecule has 1 saturated heterocycles. The Hall–Kier alpha value is -3.57. The van der Waals surface area contributed by atoms with Crippen LogP contribution in [0.25, 0.3) is 0 Å². The van der Waals surface area contributed by atoms with E-state index in [1.165, 1.54) is 39.9 Å². The first-order valence-corrected chi connectivity index (χ1v) is 20.7. The van der Waals surface area contributed by atoms with Gasteiger partial charge in [-0.1, -0.05) is 58.0 Å². The van der Waals surface area contributed by atoms with E-state index >= 15 is 0 Å². The number of thiazole rings is 1. The molecule has 3 aromatic rings. The topological polar surface area (TPSA) is 169 Å². The quantitative estimate of drug-likeness (QED) is 0.189. The average molecular weight is 749 g/mol. The molecule has 0 spiro atoms. The lowest BCUT2D eigenvalue weighted by Gasteiger charge is -2.34. The molecule has 0 bridgehead atoms. The maximum absolute atomic E-state index is 14.1. The summed E-state index contributed by atoms with van der Waals surface area (Å²) in [5.74, 6) is -0.798. The third kappa shape index (κ3) is 10.5. The van der Waals surface area contributed by atoms with Gasteiger partial charge in [0, 0.05) is 37.2 Å². The molecule has 2 aromatic carbocycles. The average Bonchev–Trinajstić information content (AvgIpc) is 3.60. The van der Waals surface area contributed by atoms with Gasteiger partial charge in [0.1, 0.15) is 6.04 Å². The molecule has 1 fully saturated rings. The van der Waals surface area contributed by atoms with Crippen LogP contribution in [0.2, 0.25) is 0 Å². The summed E-state index contributed by atoms with van der Waals surface area (Å²) >= 11 is 1.51. The van der Waals surface area contributed by atoms with E-state index in [4.69, 9.17) is 0 Å². The largest absolute Gasteiger partial charge is 0.390 e. The molecule has 274 valence electrons. The van der Waals surface area contributed by atoms with Gasteiger partial charge in [0.25, 0.3) is 0 Å². The third-order valence-electron chi connectivity index (χ3n) is 8.23. The van der Waals surface area contributed by atoms with Crippen LogP contribution in [0, 0.1) is 18.8 Å². The summed E-state index contributed by atoms with van der Waals surface area (Å²) < 4.78 is 54.6. The molecule has 1 aliphatic rings. The van der Waals surface area contributed by atoms with Crippen molar-refractivity contribution in [1.82, 2.24) is 24.4 Å². The normalized spacial score (nSPS) is 15.9. The number of sulfonamides is 2. The highest BCUT2D eigenvalue weighted by Gasteiger charge is 2.40. The zero-order valence-corrected chi connectivity index (χ0v) is 31.8. The molecule has 3 atom stereocenters. The van der Waals surface area contributed by atoms with Crippen LogP contribution in [0.4, 0.5) is 10.5 Å². The number of aliphatic hydroxyl groups is 1. The Labute approximate surface area is 299 Å². The number of rotatable bonds is 17. The molecule has 13 nitrogen and oxygen atoms in total. The number of nitrogens with zero attached hydrogens (tertiary/aromatic N) is 4. The lowest BCUT2D eigenvalue weighted by molar-refractivity contribution is -0.128. The molecular weight excluding hydrogens is 701 g/mol. The van der Waals surface area contributed by atoms with E-state index < -0.39 is 44.1 Å². The number of hydrogen-bond donors (Lipinski definition) is 3. The van der Waals surface area contributed by atoms with Crippen LogP contribution in [0.15, 0.2) is 64.9 Å². The van der Waals surface area contributed by atoms with Crippen molar-refractivity contribution in [2.45, 2.75) is 70.7 Å². The number of aryl methyl sites for hydroxylation is 1. The summed E-state index contributed by atoms with van der Waals surface area (Å²) in [6.45, 7) is 10.2. The number of hydrogen-bond acceptors (Lipinski definition) is 9. The minimum absolute atomic E-state index is 0.0715. The van der Waals surface area contributed by atoms with E-state index in [0.717, 1.165) is 22.5 Å². The van der Waals surface area contributed by atoms with Crippen LogP contribution in [-0.4, -0.2) is 104 Å². The first-order valence-electron chi connectivity index (χ1n) is 16.5. The molecule has 3 N–H and O–H groups in total. The van der Waals surface area contributed by atoms with E-state index in [9.17, 15) is 31.5 Å². The number of amides is 3. The van der Waals surface area contributed by atoms with Crippen LogP contribution < -0.4 is 10.0 Å². The molecule has 3 amide bonds. The molecule has 0 saturated carbocycles. The van der Waals surface area contributed by atoms with Gasteiger partial charge in [-0.15, -0.1) is 11.3 Å². The SMILES string of the molecule is Cc1nc(CN2CCN([C@H](C(=O)N[C@@H](Cc3ccccc3)[C@@H](O)CN(CC(C)C)S(=O)(=O)c3ccc(NS(C)(=O)=O)cc3)C(C)C)C2=O)cs1. The Kier molecular flexibility index (Phi) is 13.0. The number of benzene rings is 2. The molecule has 0 unspecified atom stereocenters. The number of carbonyl (C=O) groups is 2. The van der Waals surface area contributed by atoms with Gasteiger partial charge in [-0.3, -0.25) is 9.52 Å². The smallest absolute Gasteiger partial charge is 0.321 e. The number of carbonyl (C=O) groups excluding carboxylic acids is 2. The Morgan fingerprint density at radius 2 is 1.66 bits per heavy atom. The molecule has 2 heterocycles. The van der Waals surface area contributed by atoms with Crippen LogP contribution in [0.3, 0.4) is 0 Å². The predicted octanol–water partition coefficient (Wildman–Crippen LogP) is 3.52. The Morgan fingerprint density at radius 3 is 2.22 bits per heavy atom. The summed E-state index contributed by atoms with van der Waals surface area (Å²) in [6.07, 6.45) is -0.117. The molecule has 1 aromatic heterocycles. The second kappa shape index (κ2) is 16.6. The highest BCUT2D eigenvalue weighted by molar-refractivity contribution is 7.92. The van der Waals surface area contributed by atoms with Gasteiger partial charge < -0.3 is 20.2 Å². The summed E-state index contributed by atoms with van der Waals surface area (Å²) in [6, 6.07) is 12.6. The predicted molar refractivity (Wildman–Crippen MR) is 195 cm³/mol. The van der Waals surface area contributed by atoms with E-state index in [-0.39, 0.29) is 48.0 Å². The lowest BCUT2D eigenvalue weighted by Crippen LogP contribution is -2.57. The van der Waals surface area contributed by atoms with Gasteiger partial charge in [-0.2, -0.15) is 4.31 Å². The fourth-order valence-corrected chi connectivity index (χ4v) is 8.77. The van der Waals surface area contributed by atoms with Gasteiger partial charge in [0.2, 0.25) is 26.0 Å². The lowest BCUT2D eigenvalue weighted by atomic mass is 9.97. The van der Waals surface area contributed by atoms with Crippen LogP contribution in [-0.2, 0) is 37.8 Å². The van der Waals surface area contributed by atoms with Crippen LogP contribution >= 0.6 is 11.3 Å². The number of urea groups is 1. The first-order chi connectivity index (χ1) is 23.4. The maximum Gasteiger partial charge on any atom is 0.321 e. The van der Waals surface area contributed by atoms with Crippen molar-refractivity contribution in [1.29, 1.82) is 0 Å². The van der Waals surface area contributed by atoms with Crippen molar-refractivity contribution in [3.8, 4) is 0 Å². The Bertz CT molecular complexity index is 1820. The maximum atomic E-state index is 14.1. The Balaban J connectivity index is 1.57. The van der Waals surface area contributed by atoms with Gasteiger partial charge in [-0.05, 0) is 55.0 Å². The minimum Gasteiger partial charge on any atom is -0.390 e. The zero-order valence-electron chi connectivity index (χ0n) is 29.3. The van der Waals surface area contributed by atoms with Crippen LogP contribution in [0.5, 0.6) is 0 Å². The molecular formula is C34H48N6O7S3. The number of nitrogens with one attached hydrogen (secondary N) is 2. The monoisotopic (exact) mass is 748 g/mol. The minimum atomic E-state index is -4.15. The summed E-state index contributed by atoms with van der Waals surface area (Å²) in [7, 11) is -7.70. The van der Waals surface area contributed by atoms with E-state index in [1.807, 2.05) is 70.3 Å². The highest BCUT2D eigenvalue weighted by atomic mass is 32.2.